The Morgan fingerprint density at radius 3 is 2.36 bits per heavy atom. The molecule has 28 heavy (non-hydrogen) atoms. The second kappa shape index (κ2) is 6.19. The van der Waals surface area contributed by atoms with Crippen LogP contribution in [0.1, 0.15) is 12.5 Å². The monoisotopic (exact) mass is 392 g/mol. The number of alkyl halides is 3. The number of carbonyl (C=O) groups is 1. The molecule has 4 aliphatic heterocycles. The van der Waals surface area contributed by atoms with Crippen molar-refractivity contribution in [2.45, 2.75) is 50.0 Å². The van der Waals surface area contributed by atoms with Crippen molar-refractivity contribution in [1.29, 1.82) is 0 Å². The van der Waals surface area contributed by atoms with Crippen molar-refractivity contribution >= 4 is 5.97 Å². The van der Waals surface area contributed by atoms with Gasteiger partial charge in [0.25, 0.3) is 0 Å². The standard InChI is InChI=1S/C21H19F3O4/c1-10(26-14(25)9-11-5-3-2-4-6-11)15-18(21(22,23)24)20-17-13-8-7-12(27-13)16(17)19(15)28-20/h2-8,10,12-13,16-17,19-20H,9H2,1H3/t10-,12+,13-,16-,17+,19+,20+/m0/s1. The Morgan fingerprint density at radius 1 is 1.07 bits per heavy atom. The first-order valence-electron chi connectivity index (χ1n) is 9.38. The van der Waals surface area contributed by atoms with Gasteiger partial charge in [-0.05, 0) is 12.5 Å². The Balaban J connectivity index is 1.41. The van der Waals surface area contributed by atoms with Gasteiger partial charge in [-0.15, -0.1) is 0 Å². The number of hydrogen-bond acceptors (Lipinski definition) is 4. The summed E-state index contributed by atoms with van der Waals surface area (Å²) >= 11 is 0. The summed E-state index contributed by atoms with van der Waals surface area (Å²) in [6.45, 7) is 1.49. The van der Waals surface area contributed by atoms with E-state index in [1.165, 1.54) is 6.92 Å². The molecule has 0 N–H and O–H groups in total. The third-order valence-electron chi connectivity index (χ3n) is 6.15. The van der Waals surface area contributed by atoms with Crippen LogP contribution in [-0.2, 0) is 25.4 Å². The van der Waals surface area contributed by atoms with Gasteiger partial charge in [0.05, 0.1) is 36.4 Å². The summed E-state index contributed by atoms with van der Waals surface area (Å²) in [5, 5.41) is 0. The number of carbonyl (C=O) groups excluding carboxylic acids is 1. The van der Waals surface area contributed by atoms with Gasteiger partial charge in [0.15, 0.2) is 0 Å². The second-order valence-corrected chi connectivity index (χ2v) is 7.74. The van der Waals surface area contributed by atoms with Gasteiger partial charge in [-0.25, -0.2) is 0 Å². The average Bonchev–Trinajstić information content (AvgIpc) is 3.39. The molecule has 4 bridgehead atoms. The van der Waals surface area contributed by atoms with Crippen molar-refractivity contribution in [2.24, 2.45) is 11.8 Å². The van der Waals surface area contributed by atoms with E-state index in [1.807, 2.05) is 18.2 Å². The Hall–Kier alpha value is -2.12. The summed E-state index contributed by atoms with van der Waals surface area (Å²) in [4.78, 5) is 12.3. The predicted octanol–water partition coefficient (Wildman–Crippen LogP) is 3.37. The maximum atomic E-state index is 13.9. The molecule has 0 aromatic heterocycles. The minimum absolute atomic E-state index is 0.0113. The van der Waals surface area contributed by atoms with Crippen molar-refractivity contribution in [3.8, 4) is 0 Å². The Morgan fingerprint density at radius 2 is 1.71 bits per heavy atom. The molecular weight excluding hydrogens is 373 g/mol. The van der Waals surface area contributed by atoms with Gasteiger partial charge in [0.2, 0.25) is 0 Å². The normalized spacial score (nSPS) is 36.1. The summed E-state index contributed by atoms with van der Waals surface area (Å²) in [7, 11) is 0. The van der Waals surface area contributed by atoms with Crippen LogP contribution in [0.5, 0.6) is 0 Å². The van der Waals surface area contributed by atoms with Crippen molar-refractivity contribution in [1.82, 2.24) is 0 Å². The summed E-state index contributed by atoms with van der Waals surface area (Å²) in [5.74, 6) is -1.04. The summed E-state index contributed by atoms with van der Waals surface area (Å²) in [5.41, 5.74) is 0.105. The molecule has 4 aliphatic rings. The molecule has 2 saturated heterocycles. The average molecular weight is 392 g/mol. The lowest BCUT2D eigenvalue weighted by atomic mass is 9.70. The van der Waals surface area contributed by atoms with Crippen LogP contribution in [-0.4, -0.2) is 42.7 Å². The van der Waals surface area contributed by atoms with E-state index in [-0.39, 0.29) is 36.0 Å². The van der Waals surface area contributed by atoms with Gasteiger partial charge in [0.1, 0.15) is 6.10 Å². The summed E-state index contributed by atoms with van der Waals surface area (Å²) < 4.78 is 58.6. The fraction of sp³-hybridized carbons (Fsp3) is 0.476. The highest BCUT2D eigenvalue weighted by molar-refractivity contribution is 5.73. The molecule has 4 heterocycles. The van der Waals surface area contributed by atoms with Crippen LogP contribution in [0.3, 0.4) is 0 Å². The topological polar surface area (TPSA) is 44.8 Å². The molecule has 4 nitrogen and oxygen atoms in total. The maximum absolute atomic E-state index is 13.9. The van der Waals surface area contributed by atoms with Gasteiger partial charge in [0, 0.05) is 17.4 Å². The first-order valence-corrected chi connectivity index (χ1v) is 9.38. The van der Waals surface area contributed by atoms with E-state index < -0.39 is 36.0 Å². The first kappa shape index (κ1) is 17.9. The highest BCUT2D eigenvalue weighted by Crippen LogP contribution is 2.59. The molecule has 0 aliphatic carbocycles. The van der Waals surface area contributed by atoms with Gasteiger partial charge in [-0.1, -0.05) is 42.5 Å². The van der Waals surface area contributed by atoms with Crippen LogP contribution in [0.15, 0.2) is 53.6 Å². The Labute approximate surface area is 160 Å². The molecule has 0 spiro atoms. The van der Waals surface area contributed by atoms with E-state index in [1.54, 1.807) is 24.3 Å². The molecule has 5 rings (SSSR count). The maximum Gasteiger partial charge on any atom is 0.415 e. The number of rotatable bonds is 4. The molecule has 148 valence electrons. The number of esters is 1. The van der Waals surface area contributed by atoms with Crippen LogP contribution < -0.4 is 0 Å². The van der Waals surface area contributed by atoms with E-state index in [0.717, 1.165) is 5.56 Å². The summed E-state index contributed by atoms with van der Waals surface area (Å²) in [6.07, 6.45) is -4.16. The minimum Gasteiger partial charge on any atom is -0.458 e. The molecule has 7 atom stereocenters. The van der Waals surface area contributed by atoms with E-state index in [9.17, 15) is 18.0 Å². The lowest BCUT2D eigenvalue weighted by molar-refractivity contribution is -0.146. The lowest BCUT2D eigenvalue weighted by Crippen LogP contribution is -2.41. The zero-order chi connectivity index (χ0) is 19.6. The predicted molar refractivity (Wildman–Crippen MR) is 92.2 cm³/mol. The molecule has 7 heteroatoms. The zero-order valence-corrected chi connectivity index (χ0v) is 15.1. The Kier molecular flexibility index (Phi) is 3.97. The number of halogens is 3. The van der Waals surface area contributed by atoms with Crippen molar-refractivity contribution < 1.29 is 32.2 Å². The SMILES string of the molecule is C[C@H](OC(=O)Cc1ccccc1)C1=C(C(F)(F)F)[C@@H]2O[C@H]1[C@@H]1[C@H]2[C@@H]2C=C[C@H]1O2. The fourth-order valence-corrected chi connectivity index (χ4v) is 5.15. The largest absolute Gasteiger partial charge is 0.458 e. The molecule has 0 unspecified atom stereocenters. The lowest BCUT2D eigenvalue weighted by Gasteiger charge is -2.32. The van der Waals surface area contributed by atoms with E-state index >= 15 is 0 Å². The molecule has 2 fully saturated rings. The third-order valence-corrected chi connectivity index (χ3v) is 6.15. The third kappa shape index (κ3) is 2.63. The number of benzene rings is 1. The van der Waals surface area contributed by atoms with Crippen LogP contribution >= 0.6 is 0 Å². The smallest absolute Gasteiger partial charge is 0.415 e. The van der Waals surface area contributed by atoms with Gasteiger partial charge < -0.3 is 14.2 Å². The summed E-state index contributed by atoms with van der Waals surface area (Å²) in [6, 6.07) is 8.96. The van der Waals surface area contributed by atoms with E-state index in [0.29, 0.717) is 0 Å². The van der Waals surface area contributed by atoms with Crippen LogP contribution in [0.4, 0.5) is 13.2 Å². The highest BCUT2D eigenvalue weighted by Gasteiger charge is 2.67. The molecular formula is C21H19F3O4. The zero-order valence-electron chi connectivity index (χ0n) is 15.1. The Bertz CT molecular complexity index is 860. The number of ether oxygens (including phenoxy) is 3. The molecule has 0 saturated carbocycles. The first-order chi connectivity index (χ1) is 13.3. The van der Waals surface area contributed by atoms with E-state index in [2.05, 4.69) is 0 Å². The quantitative estimate of drug-likeness (QED) is 0.582. The van der Waals surface area contributed by atoms with Crippen molar-refractivity contribution in [2.75, 3.05) is 0 Å². The van der Waals surface area contributed by atoms with E-state index in [4.69, 9.17) is 14.2 Å². The second-order valence-electron chi connectivity index (χ2n) is 7.74. The van der Waals surface area contributed by atoms with Gasteiger partial charge in [-0.2, -0.15) is 13.2 Å². The van der Waals surface area contributed by atoms with Crippen LogP contribution in [0, 0.1) is 11.8 Å². The molecule has 0 radical (unpaired) electrons. The van der Waals surface area contributed by atoms with Gasteiger partial charge in [-0.3, -0.25) is 4.79 Å². The van der Waals surface area contributed by atoms with Crippen LogP contribution in [0.2, 0.25) is 0 Å². The minimum atomic E-state index is -4.54. The molecule has 1 aromatic carbocycles. The number of fused-ring (bicyclic) bond motifs is 9. The molecule has 0 amide bonds. The van der Waals surface area contributed by atoms with Gasteiger partial charge >= 0.3 is 12.1 Å². The highest BCUT2D eigenvalue weighted by atomic mass is 19.4. The van der Waals surface area contributed by atoms with Crippen LogP contribution in [0.25, 0.3) is 0 Å². The molecule has 1 aromatic rings. The fourth-order valence-electron chi connectivity index (χ4n) is 5.15. The van der Waals surface area contributed by atoms with Crippen molar-refractivity contribution in [3.05, 3.63) is 59.2 Å². The van der Waals surface area contributed by atoms with Crippen molar-refractivity contribution in [3.63, 3.8) is 0 Å². The number of hydrogen-bond donors (Lipinski definition) is 0.